The highest BCUT2D eigenvalue weighted by atomic mass is 127. The molecule has 6 heteroatoms. The van der Waals surface area contributed by atoms with E-state index < -0.39 is 0 Å². The van der Waals surface area contributed by atoms with Crippen LogP contribution in [-0.4, -0.2) is 62.8 Å². The summed E-state index contributed by atoms with van der Waals surface area (Å²) >= 11 is 0. The molecule has 5 nitrogen and oxygen atoms in total. The Bertz CT molecular complexity index is 305. The maximum absolute atomic E-state index is 5.51. The zero-order chi connectivity index (χ0) is 16.2. The van der Waals surface area contributed by atoms with Gasteiger partial charge in [-0.2, -0.15) is 0 Å². The maximum atomic E-state index is 5.51. The highest BCUT2D eigenvalue weighted by Crippen LogP contribution is 2.20. The Hall–Kier alpha value is -0.0800. The molecule has 1 atom stereocenters. The third-order valence-corrected chi connectivity index (χ3v) is 4.43. The number of guanidine groups is 1. The fourth-order valence-electron chi connectivity index (χ4n) is 3.07. The maximum Gasteiger partial charge on any atom is 0.191 e. The van der Waals surface area contributed by atoms with Gasteiger partial charge in [-0.1, -0.05) is 33.6 Å². The first-order valence-electron chi connectivity index (χ1n) is 9.10. The van der Waals surface area contributed by atoms with Crippen LogP contribution in [0.3, 0.4) is 0 Å². The van der Waals surface area contributed by atoms with Gasteiger partial charge in [0.1, 0.15) is 0 Å². The molecule has 2 N–H and O–H groups in total. The van der Waals surface area contributed by atoms with Crippen molar-refractivity contribution in [2.45, 2.75) is 53.0 Å². The van der Waals surface area contributed by atoms with Gasteiger partial charge in [0.05, 0.1) is 19.8 Å². The molecule has 0 aromatic rings. The molecule has 0 radical (unpaired) electrons. The van der Waals surface area contributed by atoms with E-state index in [9.17, 15) is 0 Å². The van der Waals surface area contributed by atoms with E-state index in [4.69, 9.17) is 9.73 Å². The minimum absolute atomic E-state index is 0. The second kappa shape index (κ2) is 14.3. The standard InChI is InChI=1S/C17H36N4O.HI/c1-5-9-19-17(18-8-4)20-14-16(15(6-2)7-3)21-10-12-22-13-11-21;/h15-16H,5-14H2,1-4H3,(H2,18,19,20);1H. The minimum Gasteiger partial charge on any atom is -0.379 e. The quantitative estimate of drug-likeness (QED) is 0.329. The van der Waals surface area contributed by atoms with Crippen LogP contribution in [0.2, 0.25) is 0 Å². The summed E-state index contributed by atoms with van der Waals surface area (Å²) in [5.74, 6) is 1.66. The van der Waals surface area contributed by atoms with Crippen LogP contribution in [0.25, 0.3) is 0 Å². The average Bonchev–Trinajstić information content (AvgIpc) is 2.57. The summed E-state index contributed by atoms with van der Waals surface area (Å²) in [6.07, 6.45) is 3.55. The molecule has 1 aliphatic rings. The number of aliphatic imine (C=N–C) groups is 1. The van der Waals surface area contributed by atoms with Crippen LogP contribution in [0.15, 0.2) is 4.99 Å². The highest BCUT2D eigenvalue weighted by Gasteiger charge is 2.26. The van der Waals surface area contributed by atoms with Gasteiger partial charge in [-0.3, -0.25) is 9.89 Å². The Morgan fingerprint density at radius 3 is 2.26 bits per heavy atom. The van der Waals surface area contributed by atoms with Crippen molar-refractivity contribution < 1.29 is 4.74 Å². The first-order valence-corrected chi connectivity index (χ1v) is 9.10. The summed E-state index contributed by atoms with van der Waals surface area (Å²) in [6, 6.07) is 0.524. The van der Waals surface area contributed by atoms with Crippen molar-refractivity contribution in [1.82, 2.24) is 15.5 Å². The number of hydrogen-bond acceptors (Lipinski definition) is 3. The summed E-state index contributed by atoms with van der Waals surface area (Å²) in [7, 11) is 0. The predicted molar refractivity (Wildman–Crippen MR) is 110 cm³/mol. The Balaban J connectivity index is 0.00000484. The Morgan fingerprint density at radius 1 is 1.09 bits per heavy atom. The molecule has 1 fully saturated rings. The van der Waals surface area contributed by atoms with E-state index in [0.29, 0.717) is 12.0 Å². The van der Waals surface area contributed by atoms with E-state index in [1.54, 1.807) is 0 Å². The van der Waals surface area contributed by atoms with Gasteiger partial charge in [-0.25, -0.2) is 0 Å². The van der Waals surface area contributed by atoms with Gasteiger partial charge in [0.2, 0.25) is 0 Å². The van der Waals surface area contributed by atoms with Gasteiger partial charge in [-0.05, 0) is 19.3 Å². The zero-order valence-corrected chi connectivity index (χ0v) is 17.8. The first kappa shape index (κ1) is 22.9. The molecule has 1 heterocycles. The molecule has 0 aromatic carbocycles. The second-order valence-electron chi connectivity index (χ2n) is 5.94. The lowest BCUT2D eigenvalue weighted by Crippen LogP contribution is -2.49. The Labute approximate surface area is 160 Å². The fraction of sp³-hybridized carbons (Fsp3) is 0.941. The number of rotatable bonds is 9. The molecule has 23 heavy (non-hydrogen) atoms. The smallest absolute Gasteiger partial charge is 0.191 e. The number of nitrogens with one attached hydrogen (secondary N) is 2. The molecule has 0 aromatic heterocycles. The van der Waals surface area contributed by atoms with Gasteiger partial charge < -0.3 is 15.4 Å². The number of halogens is 1. The molecule has 0 saturated carbocycles. The number of morpholine rings is 1. The van der Waals surface area contributed by atoms with Gasteiger partial charge in [0, 0.05) is 32.2 Å². The molecule has 0 amide bonds. The molecule has 1 rings (SSSR count). The van der Waals surface area contributed by atoms with Gasteiger partial charge in [0.15, 0.2) is 5.96 Å². The summed E-state index contributed by atoms with van der Waals surface area (Å²) < 4.78 is 5.51. The van der Waals surface area contributed by atoms with Crippen molar-refractivity contribution in [1.29, 1.82) is 0 Å². The number of ether oxygens (including phenoxy) is 1. The lowest BCUT2D eigenvalue weighted by Gasteiger charge is -2.38. The number of hydrogen-bond donors (Lipinski definition) is 2. The second-order valence-corrected chi connectivity index (χ2v) is 5.94. The van der Waals surface area contributed by atoms with E-state index in [1.807, 2.05) is 0 Å². The van der Waals surface area contributed by atoms with E-state index >= 15 is 0 Å². The Morgan fingerprint density at radius 2 is 1.74 bits per heavy atom. The molecule has 138 valence electrons. The molecule has 1 unspecified atom stereocenters. The third kappa shape index (κ3) is 8.54. The highest BCUT2D eigenvalue weighted by molar-refractivity contribution is 14.0. The van der Waals surface area contributed by atoms with Gasteiger partial charge >= 0.3 is 0 Å². The zero-order valence-electron chi connectivity index (χ0n) is 15.4. The number of nitrogens with zero attached hydrogens (tertiary/aromatic N) is 2. The monoisotopic (exact) mass is 440 g/mol. The van der Waals surface area contributed by atoms with Gasteiger partial charge in [0.25, 0.3) is 0 Å². The average molecular weight is 440 g/mol. The molecular weight excluding hydrogens is 403 g/mol. The van der Waals surface area contributed by atoms with Crippen molar-refractivity contribution >= 4 is 29.9 Å². The van der Waals surface area contributed by atoms with E-state index in [1.165, 1.54) is 12.8 Å². The van der Waals surface area contributed by atoms with E-state index in [2.05, 4.69) is 43.2 Å². The van der Waals surface area contributed by atoms with Gasteiger partial charge in [-0.15, -0.1) is 24.0 Å². The van der Waals surface area contributed by atoms with E-state index in [0.717, 1.165) is 58.3 Å². The largest absolute Gasteiger partial charge is 0.379 e. The van der Waals surface area contributed by atoms with Crippen molar-refractivity contribution in [2.75, 3.05) is 45.9 Å². The normalized spacial score (nSPS) is 17.7. The molecule has 1 saturated heterocycles. The van der Waals surface area contributed by atoms with Crippen LogP contribution in [-0.2, 0) is 4.74 Å². The summed E-state index contributed by atoms with van der Waals surface area (Å²) in [4.78, 5) is 7.43. The predicted octanol–water partition coefficient (Wildman–Crippen LogP) is 2.71. The first-order chi connectivity index (χ1) is 10.8. The molecule has 0 bridgehead atoms. The van der Waals surface area contributed by atoms with Crippen LogP contribution in [0, 0.1) is 5.92 Å². The molecule has 1 aliphatic heterocycles. The summed E-state index contributed by atoms with van der Waals surface area (Å²) in [6.45, 7) is 15.4. The van der Waals surface area contributed by atoms with Crippen molar-refractivity contribution in [2.24, 2.45) is 10.9 Å². The molecule has 0 spiro atoms. The van der Waals surface area contributed by atoms with Crippen molar-refractivity contribution in [3.63, 3.8) is 0 Å². The van der Waals surface area contributed by atoms with Crippen LogP contribution in [0.5, 0.6) is 0 Å². The molecule has 0 aliphatic carbocycles. The topological polar surface area (TPSA) is 48.9 Å². The van der Waals surface area contributed by atoms with Crippen molar-refractivity contribution in [3.05, 3.63) is 0 Å². The fourth-order valence-corrected chi connectivity index (χ4v) is 3.07. The van der Waals surface area contributed by atoms with Crippen LogP contribution in [0.1, 0.15) is 47.0 Å². The summed E-state index contributed by atoms with van der Waals surface area (Å²) in [5.41, 5.74) is 0. The van der Waals surface area contributed by atoms with Crippen molar-refractivity contribution in [3.8, 4) is 0 Å². The Kier molecular flexibility index (Phi) is 14.2. The van der Waals surface area contributed by atoms with Crippen LogP contribution < -0.4 is 10.6 Å². The summed E-state index contributed by atoms with van der Waals surface area (Å²) in [5, 5.41) is 6.75. The third-order valence-electron chi connectivity index (χ3n) is 4.43. The van der Waals surface area contributed by atoms with Crippen LogP contribution in [0.4, 0.5) is 0 Å². The minimum atomic E-state index is 0. The lowest BCUT2D eigenvalue weighted by molar-refractivity contribution is 0.00395. The molecular formula is C17H37IN4O. The SMILES string of the molecule is CCCNC(=NCC(C(CC)CC)N1CCOCC1)NCC.I. The lowest BCUT2D eigenvalue weighted by atomic mass is 9.92. The van der Waals surface area contributed by atoms with Crippen LogP contribution >= 0.6 is 24.0 Å². The van der Waals surface area contributed by atoms with E-state index in [-0.39, 0.29) is 24.0 Å².